The third-order valence-corrected chi connectivity index (χ3v) is 6.80. The van der Waals surface area contributed by atoms with E-state index in [2.05, 4.69) is 36.0 Å². The summed E-state index contributed by atoms with van der Waals surface area (Å²) in [6.45, 7) is 7.96. The van der Waals surface area contributed by atoms with E-state index in [0.717, 1.165) is 70.8 Å². The number of hydrogen-bond donors (Lipinski definition) is 0. The van der Waals surface area contributed by atoms with Crippen molar-refractivity contribution >= 4 is 33.7 Å². The number of methoxy groups -OCH3 is 1. The van der Waals surface area contributed by atoms with Crippen molar-refractivity contribution in [1.82, 2.24) is 19.1 Å². The van der Waals surface area contributed by atoms with Crippen molar-refractivity contribution < 1.29 is 14.5 Å². The van der Waals surface area contributed by atoms with E-state index < -0.39 is 10.9 Å². The first-order valence-corrected chi connectivity index (χ1v) is 13.2. The van der Waals surface area contributed by atoms with Gasteiger partial charge in [0, 0.05) is 36.3 Å². The average molecular weight is 526 g/mol. The lowest BCUT2D eigenvalue weighted by atomic mass is 10.1. The van der Waals surface area contributed by atoms with Crippen LogP contribution in [0.1, 0.15) is 44.0 Å². The Labute approximate surface area is 226 Å². The zero-order chi connectivity index (χ0) is 27.7. The summed E-state index contributed by atoms with van der Waals surface area (Å²) < 4.78 is 9.33. The monoisotopic (exact) mass is 525 g/mol. The molecule has 9 heteroatoms. The van der Waals surface area contributed by atoms with E-state index in [0.29, 0.717) is 11.5 Å². The normalized spacial score (nSPS) is 11.5. The van der Waals surface area contributed by atoms with Crippen LogP contribution in [0.25, 0.3) is 44.8 Å². The molecule has 0 saturated carbocycles. The van der Waals surface area contributed by atoms with Crippen LogP contribution < -0.4 is 0 Å². The molecule has 0 bridgehead atoms. The van der Waals surface area contributed by atoms with Gasteiger partial charge in [-0.15, -0.1) is 0 Å². The Kier molecular flexibility index (Phi) is 7.15. The molecule has 0 aliphatic heterocycles. The molecule has 0 spiro atoms. The summed E-state index contributed by atoms with van der Waals surface area (Å²) in [7, 11) is 1.37. The van der Waals surface area contributed by atoms with Gasteiger partial charge in [-0.05, 0) is 54.8 Å². The first-order chi connectivity index (χ1) is 18.8. The fourth-order valence-corrected chi connectivity index (χ4v) is 4.98. The Hall–Kier alpha value is -4.53. The number of fused-ring (bicyclic) bond motifs is 2. The van der Waals surface area contributed by atoms with Crippen molar-refractivity contribution in [2.24, 2.45) is 5.92 Å². The summed E-state index contributed by atoms with van der Waals surface area (Å²) in [4.78, 5) is 33.0. The standard InChI is InChI=1S/C30H31N5O4/c1-5-6-16-33-27-23(8-7-9-24(27)31-28(33)20-10-13-22(14-11-20)35(37)38)29-32-25-17-21(30(36)39-4)12-15-26(25)34(29)18-19(2)3/h7-15,17,19H,5-6,16,18H2,1-4H3. The molecule has 200 valence electrons. The van der Waals surface area contributed by atoms with Crippen LogP contribution in [0.2, 0.25) is 0 Å². The number of hydrogen-bond acceptors (Lipinski definition) is 6. The molecule has 2 aromatic heterocycles. The zero-order valence-electron chi connectivity index (χ0n) is 22.5. The van der Waals surface area contributed by atoms with Crippen molar-refractivity contribution in [3.05, 3.63) is 76.3 Å². The maximum Gasteiger partial charge on any atom is 0.337 e. The highest BCUT2D eigenvalue weighted by molar-refractivity contribution is 5.97. The number of ether oxygens (including phenoxy) is 1. The molecule has 3 aromatic carbocycles. The molecule has 0 unspecified atom stereocenters. The number of unbranched alkanes of at least 4 members (excludes halogenated alkanes) is 1. The van der Waals surface area contributed by atoms with E-state index in [-0.39, 0.29) is 5.69 Å². The second-order valence-electron chi connectivity index (χ2n) is 10.1. The minimum Gasteiger partial charge on any atom is -0.465 e. The van der Waals surface area contributed by atoms with E-state index in [1.807, 2.05) is 18.2 Å². The van der Waals surface area contributed by atoms with Gasteiger partial charge < -0.3 is 13.9 Å². The number of benzene rings is 3. The lowest BCUT2D eigenvalue weighted by Crippen LogP contribution is -2.08. The fourth-order valence-electron chi connectivity index (χ4n) is 4.98. The lowest BCUT2D eigenvalue weighted by molar-refractivity contribution is -0.384. The van der Waals surface area contributed by atoms with Gasteiger partial charge in [-0.2, -0.15) is 0 Å². The second-order valence-corrected chi connectivity index (χ2v) is 10.1. The Balaban J connectivity index is 1.76. The second kappa shape index (κ2) is 10.7. The molecule has 2 heterocycles. The Morgan fingerprint density at radius 3 is 2.41 bits per heavy atom. The molecule has 0 fully saturated rings. The smallest absolute Gasteiger partial charge is 0.337 e. The van der Waals surface area contributed by atoms with E-state index >= 15 is 0 Å². The van der Waals surface area contributed by atoms with Gasteiger partial charge >= 0.3 is 5.97 Å². The Morgan fingerprint density at radius 1 is 1.00 bits per heavy atom. The van der Waals surface area contributed by atoms with Crippen molar-refractivity contribution in [2.75, 3.05) is 7.11 Å². The number of nitro groups is 1. The van der Waals surface area contributed by atoms with Crippen molar-refractivity contribution in [1.29, 1.82) is 0 Å². The number of aromatic nitrogens is 4. The highest BCUT2D eigenvalue weighted by Crippen LogP contribution is 2.35. The van der Waals surface area contributed by atoms with E-state index in [4.69, 9.17) is 14.7 Å². The number of non-ortho nitro benzene ring substituents is 1. The van der Waals surface area contributed by atoms with Gasteiger partial charge in [-0.3, -0.25) is 10.1 Å². The van der Waals surface area contributed by atoms with Gasteiger partial charge in [0.1, 0.15) is 11.6 Å². The fraction of sp³-hybridized carbons (Fsp3) is 0.300. The van der Waals surface area contributed by atoms with Crippen LogP contribution in [0.15, 0.2) is 60.7 Å². The predicted molar refractivity (Wildman–Crippen MR) is 152 cm³/mol. The SMILES string of the molecule is CCCCn1c(-c2ccc([N+](=O)[O-])cc2)nc2cccc(-c3nc4cc(C(=O)OC)ccc4n3CC(C)C)c21. The predicted octanol–water partition coefficient (Wildman–Crippen LogP) is 6.87. The van der Waals surface area contributed by atoms with Gasteiger partial charge in [0.05, 0.1) is 39.7 Å². The van der Waals surface area contributed by atoms with E-state index in [1.165, 1.54) is 19.2 Å². The lowest BCUT2D eigenvalue weighted by Gasteiger charge is -2.15. The number of carbonyl (C=O) groups excluding carboxylic acids is 1. The Bertz CT molecular complexity index is 1680. The van der Waals surface area contributed by atoms with E-state index in [9.17, 15) is 14.9 Å². The highest BCUT2D eigenvalue weighted by atomic mass is 16.6. The Morgan fingerprint density at radius 2 is 1.74 bits per heavy atom. The molecule has 5 aromatic rings. The maximum absolute atomic E-state index is 12.2. The third kappa shape index (κ3) is 4.87. The number of nitro benzene ring substituents is 1. The van der Waals surface area contributed by atoms with Gasteiger partial charge in [0.25, 0.3) is 5.69 Å². The minimum atomic E-state index is -0.399. The van der Waals surface area contributed by atoms with Crippen LogP contribution in [0.5, 0.6) is 0 Å². The number of esters is 1. The first-order valence-electron chi connectivity index (χ1n) is 13.2. The molecule has 39 heavy (non-hydrogen) atoms. The summed E-state index contributed by atoms with van der Waals surface area (Å²) in [5.74, 6) is 1.53. The molecule has 0 N–H and O–H groups in total. The largest absolute Gasteiger partial charge is 0.465 e. The summed E-state index contributed by atoms with van der Waals surface area (Å²) in [5, 5.41) is 11.2. The molecular weight excluding hydrogens is 494 g/mol. The maximum atomic E-state index is 12.2. The van der Waals surface area contributed by atoms with Gasteiger partial charge in [-0.1, -0.05) is 33.3 Å². The zero-order valence-corrected chi connectivity index (χ0v) is 22.5. The summed E-state index contributed by atoms with van der Waals surface area (Å²) in [6.07, 6.45) is 1.95. The average Bonchev–Trinajstić information content (AvgIpc) is 3.49. The molecule has 9 nitrogen and oxygen atoms in total. The molecule has 0 atom stereocenters. The van der Waals surface area contributed by atoms with Gasteiger partial charge in [0.15, 0.2) is 0 Å². The van der Waals surface area contributed by atoms with Crippen LogP contribution >= 0.6 is 0 Å². The number of carbonyl (C=O) groups is 1. The van der Waals surface area contributed by atoms with Crippen LogP contribution in [0, 0.1) is 16.0 Å². The van der Waals surface area contributed by atoms with Gasteiger partial charge in [-0.25, -0.2) is 14.8 Å². The van der Waals surface area contributed by atoms with Crippen molar-refractivity contribution in [3.63, 3.8) is 0 Å². The molecule has 0 amide bonds. The molecule has 0 aliphatic carbocycles. The molecule has 5 rings (SSSR count). The summed E-state index contributed by atoms with van der Waals surface area (Å²) >= 11 is 0. The summed E-state index contributed by atoms with van der Waals surface area (Å²) in [6, 6.07) is 18.0. The number of imidazole rings is 2. The minimum absolute atomic E-state index is 0.0457. The first kappa shape index (κ1) is 26.1. The van der Waals surface area contributed by atoms with Crippen LogP contribution in [-0.4, -0.2) is 37.1 Å². The van der Waals surface area contributed by atoms with Crippen LogP contribution in [-0.2, 0) is 17.8 Å². The van der Waals surface area contributed by atoms with Crippen LogP contribution in [0.3, 0.4) is 0 Å². The third-order valence-electron chi connectivity index (χ3n) is 6.80. The van der Waals surface area contributed by atoms with E-state index in [1.54, 1.807) is 24.3 Å². The van der Waals surface area contributed by atoms with Crippen LogP contribution in [0.4, 0.5) is 5.69 Å². The van der Waals surface area contributed by atoms with Crippen molar-refractivity contribution in [2.45, 2.75) is 46.7 Å². The number of aryl methyl sites for hydroxylation is 1. The van der Waals surface area contributed by atoms with Gasteiger partial charge in [0.2, 0.25) is 0 Å². The number of rotatable bonds is 9. The topological polar surface area (TPSA) is 105 Å². The van der Waals surface area contributed by atoms with Crippen molar-refractivity contribution in [3.8, 4) is 22.8 Å². The quantitative estimate of drug-likeness (QED) is 0.118. The summed E-state index contributed by atoms with van der Waals surface area (Å²) in [5.41, 5.74) is 5.72. The molecule has 0 saturated heterocycles. The number of para-hydroxylation sites is 1. The number of nitrogens with zero attached hydrogens (tertiary/aromatic N) is 5. The molecular formula is C30H31N5O4. The molecule has 0 radical (unpaired) electrons. The molecule has 0 aliphatic rings. The highest BCUT2D eigenvalue weighted by Gasteiger charge is 2.22.